The molecule has 2 amide bonds. The van der Waals surface area contributed by atoms with Crippen molar-refractivity contribution in [1.29, 1.82) is 0 Å². The normalized spacial score (nSPS) is 21.8. The highest BCUT2D eigenvalue weighted by Gasteiger charge is 2.26. The number of amides is 2. The summed E-state index contributed by atoms with van der Waals surface area (Å²) in [5.41, 5.74) is 6.28. The van der Waals surface area contributed by atoms with Crippen molar-refractivity contribution in [3.05, 3.63) is 34.9 Å². The number of quaternary nitrogens is 1. The fourth-order valence-corrected chi connectivity index (χ4v) is 2.84. The van der Waals surface area contributed by atoms with Gasteiger partial charge in [-0.05, 0) is 17.7 Å². The fourth-order valence-electron chi connectivity index (χ4n) is 2.62. The molecule has 1 aromatic carbocycles. The second-order valence-electron chi connectivity index (χ2n) is 5.51. The molecule has 5 nitrogen and oxygen atoms in total. The minimum absolute atomic E-state index is 0.0162. The van der Waals surface area contributed by atoms with Crippen molar-refractivity contribution in [2.24, 2.45) is 11.7 Å². The van der Waals surface area contributed by atoms with E-state index in [2.05, 4.69) is 5.32 Å². The van der Waals surface area contributed by atoms with Gasteiger partial charge >= 0.3 is 0 Å². The van der Waals surface area contributed by atoms with E-state index in [1.807, 2.05) is 18.2 Å². The molecule has 0 aromatic heterocycles. The second-order valence-corrected chi connectivity index (χ2v) is 5.95. The third-order valence-corrected chi connectivity index (χ3v) is 4.12. The van der Waals surface area contributed by atoms with Crippen LogP contribution in [0.1, 0.15) is 18.4 Å². The molecule has 1 aliphatic rings. The lowest BCUT2D eigenvalue weighted by Gasteiger charge is -2.27. The lowest BCUT2D eigenvalue weighted by Crippen LogP contribution is -3.14. The van der Waals surface area contributed by atoms with Gasteiger partial charge in [-0.3, -0.25) is 9.59 Å². The lowest BCUT2D eigenvalue weighted by molar-refractivity contribution is -0.897. The number of nitrogens with two attached hydrogens (primary N) is 1. The average molecular weight is 311 g/mol. The van der Waals surface area contributed by atoms with Crippen molar-refractivity contribution >= 4 is 23.4 Å². The number of rotatable bonds is 5. The van der Waals surface area contributed by atoms with Gasteiger partial charge in [0.1, 0.15) is 0 Å². The monoisotopic (exact) mass is 310 g/mol. The van der Waals surface area contributed by atoms with Crippen molar-refractivity contribution < 1.29 is 14.5 Å². The van der Waals surface area contributed by atoms with Crippen LogP contribution in [0.4, 0.5) is 0 Å². The van der Waals surface area contributed by atoms with Gasteiger partial charge in [0.05, 0.1) is 13.1 Å². The molecule has 0 unspecified atom stereocenters. The highest BCUT2D eigenvalue weighted by Crippen LogP contribution is 2.10. The van der Waals surface area contributed by atoms with Crippen LogP contribution in [0, 0.1) is 5.92 Å². The summed E-state index contributed by atoms with van der Waals surface area (Å²) < 4.78 is 0. The summed E-state index contributed by atoms with van der Waals surface area (Å²) in [5, 5.41) is 3.56. The molecule has 0 atom stereocenters. The zero-order valence-electron chi connectivity index (χ0n) is 11.9. The molecule has 114 valence electrons. The first-order valence-electron chi connectivity index (χ1n) is 7.18. The molecule has 4 N–H and O–H groups in total. The summed E-state index contributed by atoms with van der Waals surface area (Å²) in [7, 11) is 0. The Morgan fingerprint density at radius 2 is 2.05 bits per heavy atom. The van der Waals surface area contributed by atoms with Gasteiger partial charge in [0.25, 0.3) is 5.91 Å². The maximum Gasteiger partial charge on any atom is 0.275 e. The second kappa shape index (κ2) is 7.43. The Hall–Kier alpha value is -1.59. The van der Waals surface area contributed by atoms with Crippen molar-refractivity contribution in [2.45, 2.75) is 19.4 Å². The number of piperidine rings is 1. The lowest BCUT2D eigenvalue weighted by atomic mass is 9.96. The molecule has 0 bridgehead atoms. The Morgan fingerprint density at radius 3 is 2.67 bits per heavy atom. The van der Waals surface area contributed by atoms with E-state index in [1.54, 1.807) is 6.07 Å². The smallest absolute Gasteiger partial charge is 0.275 e. The number of carbonyl (C=O) groups is 2. The van der Waals surface area contributed by atoms with Gasteiger partial charge in [-0.1, -0.05) is 23.7 Å². The van der Waals surface area contributed by atoms with Crippen LogP contribution in [0.25, 0.3) is 0 Å². The highest BCUT2D eigenvalue weighted by atomic mass is 35.5. The van der Waals surface area contributed by atoms with E-state index in [9.17, 15) is 9.59 Å². The molecule has 1 heterocycles. The van der Waals surface area contributed by atoms with E-state index >= 15 is 0 Å². The number of benzene rings is 1. The number of hydrogen-bond donors (Lipinski definition) is 3. The first-order valence-corrected chi connectivity index (χ1v) is 7.56. The number of carbonyl (C=O) groups excluding carboxylic acids is 2. The number of primary amides is 1. The van der Waals surface area contributed by atoms with E-state index in [4.69, 9.17) is 17.3 Å². The van der Waals surface area contributed by atoms with Gasteiger partial charge in [0, 0.05) is 30.3 Å². The molecule has 1 aromatic rings. The van der Waals surface area contributed by atoms with Crippen LogP contribution in [0.5, 0.6) is 0 Å². The van der Waals surface area contributed by atoms with E-state index in [0.717, 1.165) is 31.5 Å². The minimum Gasteiger partial charge on any atom is -0.369 e. The Labute approximate surface area is 129 Å². The molecule has 1 aliphatic heterocycles. The van der Waals surface area contributed by atoms with Crippen LogP contribution < -0.4 is 16.0 Å². The molecule has 1 fully saturated rings. The van der Waals surface area contributed by atoms with Gasteiger partial charge in [0.2, 0.25) is 5.91 Å². The standard InChI is InChI=1S/C15H20ClN3O2/c16-13-3-1-2-11(8-13)9-18-14(20)10-19-6-4-12(5-7-19)15(17)21/h1-3,8,12H,4-7,9-10H2,(H2,17,21)(H,18,20)/p+1. The maximum atomic E-state index is 11.9. The molecular weight excluding hydrogens is 290 g/mol. The first kappa shape index (κ1) is 15.8. The molecular formula is C15H21ClN3O2+. The minimum atomic E-state index is -0.223. The van der Waals surface area contributed by atoms with Gasteiger partial charge in [-0.25, -0.2) is 0 Å². The molecule has 0 spiro atoms. The van der Waals surface area contributed by atoms with Gasteiger partial charge in [-0.15, -0.1) is 0 Å². The van der Waals surface area contributed by atoms with Crippen LogP contribution in [0.3, 0.4) is 0 Å². The fraction of sp³-hybridized carbons (Fsp3) is 0.467. The van der Waals surface area contributed by atoms with Gasteiger partial charge in [0.15, 0.2) is 6.54 Å². The maximum absolute atomic E-state index is 11.9. The molecule has 0 aliphatic carbocycles. The van der Waals surface area contributed by atoms with Crippen LogP contribution in [-0.4, -0.2) is 31.4 Å². The molecule has 21 heavy (non-hydrogen) atoms. The summed E-state index contributed by atoms with van der Waals surface area (Å²) in [6.45, 7) is 2.55. The summed E-state index contributed by atoms with van der Waals surface area (Å²) in [5.74, 6) is -0.231. The molecule has 2 rings (SSSR count). The molecule has 0 radical (unpaired) electrons. The predicted octanol–water partition coefficient (Wildman–Crippen LogP) is -0.264. The van der Waals surface area contributed by atoms with Crippen LogP contribution >= 0.6 is 11.6 Å². The molecule has 6 heteroatoms. The van der Waals surface area contributed by atoms with E-state index in [0.29, 0.717) is 18.1 Å². The van der Waals surface area contributed by atoms with Crippen molar-refractivity contribution in [1.82, 2.24) is 5.32 Å². The largest absolute Gasteiger partial charge is 0.369 e. The Morgan fingerprint density at radius 1 is 1.33 bits per heavy atom. The third kappa shape index (κ3) is 5.02. The van der Waals surface area contributed by atoms with Crippen LogP contribution in [-0.2, 0) is 16.1 Å². The quantitative estimate of drug-likeness (QED) is 0.700. The predicted molar refractivity (Wildman–Crippen MR) is 80.8 cm³/mol. The first-order chi connectivity index (χ1) is 10.0. The SMILES string of the molecule is NC(=O)C1CC[NH+](CC(=O)NCc2cccc(Cl)c2)CC1. The molecule has 0 saturated carbocycles. The Kier molecular flexibility index (Phi) is 5.59. The highest BCUT2D eigenvalue weighted by molar-refractivity contribution is 6.30. The van der Waals surface area contributed by atoms with E-state index in [1.165, 1.54) is 4.90 Å². The van der Waals surface area contributed by atoms with Crippen molar-refractivity contribution in [3.63, 3.8) is 0 Å². The van der Waals surface area contributed by atoms with E-state index < -0.39 is 0 Å². The average Bonchev–Trinajstić information content (AvgIpc) is 2.46. The topological polar surface area (TPSA) is 76.6 Å². The van der Waals surface area contributed by atoms with E-state index in [-0.39, 0.29) is 17.7 Å². The summed E-state index contributed by atoms with van der Waals surface area (Å²) in [6, 6.07) is 7.44. The number of nitrogens with one attached hydrogen (secondary N) is 2. The van der Waals surface area contributed by atoms with Gasteiger partial charge < -0.3 is 16.0 Å². The number of likely N-dealkylation sites (tertiary alicyclic amines) is 1. The van der Waals surface area contributed by atoms with Crippen LogP contribution in [0.15, 0.2) is 24.3 Å². The van der Waals surface area contributed by atoms with Gasteiger partial charge in [-0.2, -0.15) is 0 Å². The third-order valence-electron chi connectivity index (χ3n) is 3.88. The number of halogens is 1. The summed E-state index contributed by atoms with van der Waals surface area (Å²) >= 11 is 5.90. The van der Waals surface area contributed by atoms with Crippen molar-refractivity contribution in [3.8, 4) is 0 Å². The Bertz CT molecular complexity index is 513. The Balaban J connectivity index is 1.72. The van der Waals surface area contributed by atoms with Crippen molar-refractivity contribution in [2.75, 3.05) is 19.6 Å². The van der Waals surface area contributed by atoms with Crippen LogP contribution in [0.2, 0.25) is 5.02 Å². The summed E-state index contributed by atoms with van der Waals surface area (Å²) in [6.07, 6.45) is 1.54. The number of hydrogen-bond acceptors (Lipinski definition) is 2. The zero-order valence-corrected chi connectivity index (χ0v) is 12.7. The summed E-state index contributed by atoms with van der Waals surface area (Å²) in [4.78, 5) is 24.2. The zero-order chi connectivity index (χ0) is 15.2. The molecule has 1 saturated heterocycles.